The molecule has 0 N–H and O–H groups in total. The Labute approximate surface area is 290 Å². The van der Waals surface area contributed by atoms with Crippen LogP contribution in [0, 0.1) is 0 Å². The van der Waals surface area contributed by atoms with E-state index in [1.165, 1.54) is 0 Å². The predicted molar refractivity (Wildman–Crippen MR) is 182 cm³/mol. The summed E-state index contributed by atoms with van der Waals surface area (Å²) in [6, 6.07) is 13.9. The van der Waals surface area contributed by atoms with Crippen molar-refractivity contribution in [2.45, 2.75) is 25.9 Å². The van der Waals surface area contributed by atoms with Crippen molar-refractivity contribution in [3.05, 3.63) is 81.5 Å². The van der Waals surface area contributed by atoms with Crippen LogP contribution in [0.25, 0.3) is 0 Å². The normalized spacial score (nSPS) is 20.1. The number of urea groups is 1. The summed E-state index contributed by atoms with van der Waals surface area (Å²) in [6.07, 6.45) is 1.60. The summed E-state index contributed by atoms with van der Waals surface area (Å²) < 4.78 is 16.9. The molecule has 3 amide bonds. The molecule has 2 atom stereocenters. The van der Waals surface area contributed by atoms with Crippen molar-refractivity contribution in [2.75, 3.05) is 72.2 Å². The second-order valence-electron chi connectivity index (χ2n) is 11.6. The zero-order chi connectivity index (χ0) is 33.6. The van der Waals surface area contributed by atoms with Gasteiger partial charge in [0.1, 0.15) is 11.9 Å². The van der Waals surface area contributed by atoms with Crippen LogP contribution < -0.4 is 9.47 Å². The molecule has 0 radical (unpaired) electrons. The summed E-state index contributed by atoms with van der Waals surface area (Å²) in [5, 5.41) is 1.18. The molecule has 4 heterocycles. The Bertz CT molecular complexity index is 1610. The minimum Gasteiger partial charge on any atom is -0.477 e. The van der Waals surface area contributed by atoms with Gasteiger partial charge in [0.25, 0.3) is 0 Å². The van der Waals surface area contributed by atoms with Crippen LogP contribution in [0.2, 0.25) is 10.0 Å². The number of carbonyl (C=O) groups excluding carboxylic acids is 2. The van der Waals surface area contributed by atoms with Crippen molar-refractivity contribution in [1.29, 1.82) is 0 Å². The van der Waals surface area contributed by atoms with E-state index in [0.717, 1.165) is 11.1 Å². The first kappa shape index (κ1) is 33.9. The summed E-state index contributed by atoms with van der Waals surface area (Å²) in [5.74, 6) is 0.737. The first-order chi connectivity index (χ1) is 23.4. The molecule has 254 valence electrons. The number of nitrogens with zero attached hydrogens (tertiary/aromatic N) is 7. The van der Waals surface area contributed by atoms with Gasteiger partial charge in [-0.15, -0.1) is 0 Å². The number of morpholine rings is 1. The average Bonchev–Trinajstić information content (AvgIpc) is 3.50. The second-order valence-corrected chi connectivity index (χ2v) is 12.5. The largest absolute Gasteiger partial charge is 0.477 e. The maximum Gasteiger partial charge on any atom is 0.326 e. The number of halogens is 2. The van der Waals surface area contributed by atoms with Crippen LogP contribution in [-0.4, -0.2) is 120 Å². The lowest BCUT2D eigenvalue weighted by molar-refractivity contribution is -0.136. The highest BCUT2D eigenvalue weighted by Crippen LogP contribution is 2.45. The molecule has 12 nitrogen and oxygen atoms in total. The van der Waals surface area contributed by atoms with Gasteiger partial charge in [-0.25, -0.2) is 9.78 Å². The Morgan fingerprint density at radius 2 is 1.46 bits per heavy atom. The van der Waals surface area contributed by atoms with Gasteiger partial charge in [-0.05, 0) is 49.2 Å². The van der Waals surface area contributed by atoms with Gasteiger partial charge in [0.05, 0.1) is 44.6 Å². The number of rotatable bonds is 9. The number of hydrogen-bond donors (Lipinski definition) is 0. The number of amidine groups is 1. The van der Waals surface area contributed by atoms with Crippen molar-refractivity contribution < 1.29 is 23.8 Å². The lowest BCUT2D eigenvalue weighted by Gasteiger charge is -2.39. The first-order valence-corrected chi connectivity index (χ1v) is 17.0. The molecule has 14 heteroatoms. The number of aliphatic imine (C=N–C) groups is 1. The van der Waals surface area contributed by atoms with Gasteiger partial charge in [0.15, 0.2) is 0 Å². The lowest BCUT2D eigenvalue weighted by Crippen LogP contribution is -2.56. The Morgan fingerprint density at radius 1 is 0.833 bits per heavy atom. The van der Waals surface area contributed by atoms with Crippen LogP contribution >= 0.6 is 23.2 Å². The number of benzene rings is 2. The monoisotopic (exact) mass is 695 g/mol. The fourth-order valence-electron chi connectivity index (χ4n) is 6.16. The van der Waals surface area contributed by atoms with Crippen LogP contribution in [0.1, 0.15) is 42.6 Å². The predicted octanol–water partition coefficient (Wildman–Crippen LogP) is 4.72. The van der Waals surface area contributed by atoms with E-state index in [4.69, 9.17) is 42.4 Å². The molecule has 3 aliphatic heterocycles. The fourth-order valence-corrected chi connectivity index (χ4v) is 6.41. The third-order valence-electron chi connectivity index (χ3n) is 8.59. The van der Waals surface area contributed by atoms with E-state index in [0.29, 0.717) is 93.7 Å². The third kappa shape index (κ3) is 7.52. The molecule has 2 saturated heterocycles. The van der Waals surface area contributed by atoms with Gasteiger partial charge >= 0.3 is 12.0 Å². The Balaban J connectivity index is 1.35. The summed E-state index contributed by atoms with van der Waals surface area (Å²) in [4.78, 5) is 49.4. The topological polar surface area (TPSA) is 113 Å². The maximum atomic E-state index is 14.8. The first-order valence-electron chi connectivity index (χ1n) is 16.2. The fraction of sp³-hybridized carbons (Fsp3) is 0.441. The van der Waals surface area contributed by atoms with Crippen molar-refractivity contribution in [2.24, 2.45) is 4.99 Å². The summed E-state index contributed by atoms with van der Waals surface area (Å²) >= 11 is 12.6. The Hall–Kier alpha value is -3.97. The number of hydrogen-bond acceptors (Lipinski definition) is 9. The molecule has 0 saturated carbocycles. The third-order valence-corrected chi connectivity index (χ3v) is 9.09. The molecule has 0 unspecified atom stereocenters. The Kier molecular flexibility index (Phi) is 11.0. The molecule has 2 aromatic carbocycles. The van der Waals surface area contributed by atoms with Gasteiger partial charge in [-0.2, -0.15) is 4.98 Å². The van der Waals surface area contributed by atoms with E-state index in [2.05, 4.69) is 14.9 Å². The number of ether oxygens (including phenoxy) is 3. The minimum absolute atomic E-state index is 0.0830. The maximum absolute atomic E-state index is 14.8. The van der Waals surface area contributed by atoms with Crippen LogP contribution in [0.3, 0.4) is 0 Å². The van der Waals surface area contributed by atoms with E-state index in [9.17, 15) is 9.59 Å². The van der Waals surface area contributed by atoms with Crippen molar-refractivity contribution >= 4 is 41.0 Å². The van der Waals surface area contributed by atoms with Crippen molar-refractivity contribution in [1.82, 2.24) is 29.6 Å². The van der Waals surface area contributed by atoms with Gasteiger partial charge < -0.3 is 24.0 Å². The highest BCUT2D eigenvalue weighted by atomic mass is 35.5. The quantitative estimate of drug-likeness (QED) is 0.316. The zero-order valence-corrected chi connectivity index (χ0v) is 28.6. The van der Waals surface area contributed by atoms with Crippen LogP contribution in [0.5, 0.6) is 11.9 Å². The standard InChI is InChI=1S/C34H39Cl2N7O5/c1-3-47-32-27(21-37-33(39-32)48-4-2)31-38-29(23-5-9-25(35)10-6-23)30(24-7-11-26(36)12-8-24)43(31)34(45)42-15-13-40(14-16-42)22-28(44)41-17-19-46-20-18-41/h5-12,21,29-30H,3-4,13-20,22H2,1-2H3/t29-,30+/m1/s1. The van der Waals surface area contributed by atoms with Gasteiger partial charge in [0.2, 0.25) is 11.8 Å². The summed E-state index contributed by atoms with van der Waals surface area (Å²) in [5.41, 5.74) is 2.20. The molecule has 0 aliphatic carbocycles. The van der Waals surface area contributed by atoms with Gasteiger partial charge in [-0.3, -0.25) is 19.6 Å². The number of piperazine rings is 1. The van der Waals surface area contributed by atoms with E-state index in [1.807, 2.05) is 72.2 Å². The van der Waals surface area contributed by atoms with Crippen LogP contribution in [0.15, 0.2) is 59.7 Å². The summed E-state index contributed by atoms with van der Waals surface area (Å²) in [7, 11) is 0. The molecule has 48 heavy (non-hydrogen) atoms. The smallest absolute Gasteiger partial charge is 0.326 e. The van der Waals surface area contributed by atoms with E-state index in [1.54, 1.807) is 11.1 Å². The molecule has 6 rings (SSSR count). The van der Waals surface area contributed by atoms with Crippen molar-refractivity contribution in [3.8, 4) is 11.9 Å². The highest BCUT2D eigenvalue weighted by Gasteiger charge is 2.45. The highest BCUT2D eigenvalue weighted by molar-refractivity contribution is 6.30. The summed E-state index contributed by atoms with van der Waals surface area (Å²) in [6.45, 7) is 9.08. The SMILES string of the molecule is CCOc1ncc(C2=N[C@H](c3ccc(Cl)cc3)[C@H](c3ccc(Cl)cc3)N2C(=O)N2CCN(CC(=O)N3CCOCC3)CC2)c(OCC)n1. The molecule has 2 fully saturated rings. The Morgan fingerprint density at radius 3 is 2.08 bits per heavy atom. The number of aromatic nitrogens is 2. The minimum atomic E-state index is -0.534. The average molecular weight is 697 g/mol. The van der Waals surface area contributed by atoms with Gasteiger partial charge in [0, 0.05) is 55.5 Å². The lowest BCUT2D eigenvalue weighted by atomic mass is 9.94. The molecular weight excluding hydrogens is 657 g/mol. The molecular formula is C34H39Cl2N7O5. The molecule has 0 bridgehead atoms. The van der Waals surface area contributed by atoms with Crippen LogP contribution in [0.4, 0.5) is 4.79 Å². The van der Waals surface area contributed by atoms with E-state index >= 15 is 0 Å². The van der Waals surface area contributed by atoms with Crippen LogP contribution in [-0.2, 0) is 9.53 Å². The molecule has 1 aromatic heterocycles. The van der Waals surface area contributed by atoms with E-state index < -0.39 is 12.1 Å². The molecule has 3 aliphatic rings. The number of carbonyl (C=O) groups is 2. The molecule has 0 spiro atoms. The van der Waals surface area contributed by atoms with E-state index in [-0.39, 0.29) is 23.8 Å². The molecule has 3 aromatic rings. The van der Waals surface area contributed by atoms with Crippen molar-refractivity contribution in [3.63, 3.8) is 0 Å². The number of amides is 3. The zero-order valence-electron chi connectivity index (χ0n) is 27.1. The second kappa shape index (κ2) is 15.5. The van der Waals surface area contributed by atoms with Gasteiger partial charge in [-0.1, -0.05) is 47.5 Å².